The third kappa shape index (κ3) is 5.80. The van der Waals surface area contributed by atoms with Gasteiger partial charge in [0, 0.05) is 4.88 Å². The van der Waals surface area contributed by atoms with E-state index in [2.05, 4.69) is 75.6 Å². The molecule has 0 amide bonds. The fraction of sp³-hybridized carbons (Fsp3) is 0.217. The Balaban J connectivity index is 1.63. The highest BCUT2D eigenvalue weighted by Gasteiger charge is 2.10. The Morgan fingerprint density at radius 3 is 1.87 bits per heavy atom. The van der Waals surface area contributed by atoms with Crippen LogP contribution in [0.4, 0.5) is 11.4 Å². The van der Waals surface area contributed by atoms with Gasteiger partial charge in [0.25, 0.3) is 0 Å². The molecule has 0 aliphatic rings. The number of thioether (sulfide) groups is 2. The molecule has 0 aliphatic heterocycles. The lowest BCUT2D eigenvalue weighted by molar-refractivity contribution is 1.41. The zero-order valence-corrected chi connectivity index (χ0v) is 22.6. The zero-order chi connectivity index (χ0) is 21.8. The van der Waals surface area contributed by atoms with E-state index in [-0.39, 0.29) is 0 Å². The summed E-state index contributed by atoms with van der Waals surface area (Å²) >= 11 is 10.8. The fourth-order valence-corrected chi connectivity index (χ4v) is 10.1. The highest BCUT2D eigenvalue weighted by atomic mass is 32.2. The normalized spacial score (nSPS) is 12.6. The molecule has 4 rings (SSSR count). The van der Waals surface area contributed by atoms with E-state index in [0.717, 1.165) is 25.1 Å². The van der Waals surface area contributed by atoms with Crippen LogP contribution in [0.5, 0.6) is 0 Å². The largest absolute Gasteiger partial charge is 0.228 e. The van der Waals surface area contributed by atoms with Crippen LogP contribution in [0.2, 0.25) is 0 Å². The second-order valence-electron chi connectivity index (χ2n) is 6.64. The summed E-state index contributed by atoms with van der Waals surface area (Å²) in [5.41, 5.74) is 4.50. The smallest absolute Gasteiger partial charge is 0.172 e. The molecule has 0 atom stereocenters. The van der Waals surface area contributed by atoms with Gasteiger partial charge in [0.05, 0.1) is 24.7 Å². The van der Waals surface area contributed by atoms with Crippen molar-refractivity contribution in [3.05, 3.63) is 66.9 Å². The maximum absolute atomic E-state index is 4.91. The predicted octanol–water partition coefficient (Wildman–Crippen LogP) is 8.52. The van der Waals surface area contributed by atoms with E-state index in [9.17, 15) is 0 Å². The molecule has 0 saturated carbocycles. The lowest BCUT2D eigenvalue weighted by Gasteiger charge is -2.01. The molecule has 0 spiro atoms. The van der Waals surface area contributed by atoms with Crippen molar-refractivity contribution >= 4 is 80.2 Å². The number of benzene rings is 2. The summed E-state index contributed by atoms with van der Waals surface area (Å²) in [7, 11) is 0. The second-order valence-corrected chi connectivity index (χ2v) is 14.0. The molecule has 31 heavy (non-hydrogen) atoms. The first-order valence-corrected chi connectivity index (χ1v) is 15.2. The van der Waals surface area contributed by atoms with Crippen LogP contribution in [-0.2, 0) is 0 Å². The fourth-order valence-electron chi connectivity index (χ4n) is 2.82. The maximum Gasteiger partial charge on any atom is 0.172 e. The molecule has 2 nitrogen and oxygen atoms in total. The molecule has 0 saturated heterocycles. The molecule has 0 radical (unpaired) electrons. The van der Waals surface area contributed by atoms with Crippen molar-refractivity contribution in [3.8, 4) is 10.4 Å². The van der Waals surface area contributed by atoms with E-state index >= 15 is 0 Å². The van der Waals surface area contributed by atoms with Gasteiger partial charge >= 0.3 is 0 Å². The highest BCUT2D eigenvalue weighted by molar-refractivity contribution is 8.01. The van der Waals surface area contributed by atoms with Gasteiger partial charge in [0.15, 0.2) is 7.97 Å². The third-order valence-electron chi connectivity index (χ3n) is 4.33. The molecule has 0 fully saturated rings. The molecule has 2 aromatic carbocycles. The molecule has 2 aromatic heterocycles. The zero-order valence-electron chi connectivity index (χ0n) is 17.7. The summed E-state index contributed by atoms with van der Waals surface area (Å²) in [6, 6.07) is 17.0. The first kappa shape index (κ1) is 23.0. The van der Waals surface area contributed by atoms with Gasteiger partial charge < -0.3 is 0 Å². The average Bonchev–Trinajstić information content (AvgIpc) is 3.32. The van der Waals surface area contributed by atoms with E-state index in [4.69, 9.17) is 9.98 Å². The average molecular weight is 519 g/mol. The van der Waals surface area contributed by atoms with E-state index in [1.54, 1.807) is 57.1 Å². The summed E-state index contributed by atoms with van der Waals surface area (Å²) in [6.45, 7) is 6.48. The Kier molecular flexibility index (Phi) is 7.90. The van der Waals surface area contributed by atoms with Gasteiger partial charge in [-0.1, -0.05) is 59.4 Å². The van der Waals surface area contributed by atoms with Crippen molar-refractivity contribution in [2.45, 2.75) is 29.2 Å². The molecule has 0 aliphatic carbocycles. The number of hydrogen-bond donors (Lipinski definition) is 0. The van der Waals surface area contributed by atoms with E-state index < -0.39 is 0 Å². The van der Waals surface area contributed by atoms with E-state index in [1.807, 2.05) is 11.8 Å². The summed E-state index contributed by atoms with van der Waals surface area (Å²) in [5, 5.41) is 0. The maximum atomic E-state index is 4.91. The quantitative estimate of drug-likeness (QED) is 0.239. The van der Waals surface area contributed by atoms with Crippen LogP contribution in [0.15, 0.2) is 66.9 Å². The molecule has 2 heterocycles. The monoisotopic (exact) mass is 518 g/mol. The third-order valence-corrected chi connectivity index (χ3v) is 11.7. The van der Waals surface area contributed by atoms with Crippen molar-refractivity contribution in [2.75, 3.05) is 12.0 Å². The van der Waals surface area contributed by atoms with Gasteiger partial charge in [0.2, 0.25) is 0 Å². The molecule has 8 heteroatoms. The Hall–Kier alpha value is -1.16. The second kappa shape index (κ2) is 10.6. The topological polar surface area (TPSA) is 24.7 Å². The highest BCUT2D eigenvalue weighted by Crippen LogP contribution is 2.37. The lowest BCUT2D eigenvalue weighted by Crippen LogP contribution is -1.85. The Morgan fingerprint density at radius 2 is 1.32 bits per heavy atom. The molecule has 0 bridgehead atoms. The van der Waals surface area contributed by atoms with Gasteiger partial charge in [-0.05, 0) is 55.7 Å². The van der Waals surface area contributed by atoms with Crippen molar-refractivity contribution in [1.82, 2.24) is 0 Å². The van der Waals surface area contributed by atoms with Gasteiger partial charge in [0.1, 0.15) is 0 Å². The Bertz CT molecular complexity index is 1290. The van der Waals surface area contributed by atoms with Gasteiger partial charge in [-0.3, -0.25) is 0 Å². The molecule has 0 N–H and O–H groups in total. The SMILES string of the molecule is CCSc1sc(=Nc2ccc(N=c3sc(C)c(SC)s3)cc2)sc1-c1ccc(C)cc1. The first-order chi connectivity index (χ1) is 15.1. The van der Waals surface area contributed by atoms with E-state index in [1.165, 1.54) is 29.3 Å². The number of nitrogens with zero attached hydrogens (tertiary/aromatic N) is 2. The lowest BCUT2D eigenvalue weighted by atomic mass is 10.1. The predicted molar refractivity (Wildman–Crippen MR) is 144 cm³/mol. The van der Waals surface area contributed by atoms with Crippen molar-refractivity contribution in [1.29, 1.82) is 0 Å². The molecule has 160 valence electrons. The number of aryl methyl sites for hydroxylation is 2. The van der Waals surface area contributed by atoms with Crippen LogP contribution in [0.3, 0.4) is 0 Å². The molecule has 4 aromatic rings. The molecule has 0 unspecified atom stereocenters. The first-order valence-electron chi connectivity index (χ1n) is 9.73. The minimum absolute atomic E-state index is 0.968. The summed E-state index contributed by atoms with van der Waals surface area (Å²) in [5.74, 6) is 1.06. The summed E-state index contributed by atoms with van der Waals surface area (Å²) in [6.07, 6.45) is 2.12. The molecular weight excluding hydrogens is 497 g/mol. The Morgan fingerprint density at radius 1 is 0.742 bits per heavy atom. The summed E-state index contributed by atoms with van der Waals surface area (Å²) < 4.78 is 4.87. The molecular formula is C23H22N2S6. The van der Waals surface area contributed by atoms with Crippen molar-refractivity contribution < 1.29 is 0 Å². The van der Waals surface area contributed by atoms with Crippen LogP contribution < -0.4 is 7.97 Å². The van der Waals surface area contributed by atoms with Gasteiger partial charge in [-0.2, -0.15) is 0 Å². The minimum atomic E-state index is 0.968. The van der Waals surface area contributed by atoms with Crippen LogP contribution in [0, 0.1) is 13.8 Å². The van der Waals surface area contributed by atoms with Crippen LogP contribution in [0.1, 0.15) is 17.4 Å². The van der Waals surface area contributed by atoms with Crippen molar-refractivity contribution in [2.24, 2.45) is 9.98 Å². The van der Waals surface area contributed by atoms with Crippen LogP contribution >= 0.6 is 68.9 Å². The Labute approximate surface area is 207 Å². The van der Waals surface area contributed by atoms with Crippen LogP contribution in [-0.4, -0.2) is 12.0 Å². The summed E-state index contributed by atoms with van der Waals surface area (Å²) in [4.78, 5) is 12.4. The standard InChI is InChI=1S/C23H22N2S6/c1-5-27-21-19(16-8-6-14(2)7-9-16)29-23(31-21)25-18-12-10-17(11-13-18)24-22-28-15(3)20(26-4)30-22/h6-13H,5H2,1-4H3. The van der Waals surface area contributed by atoms with Gasteiger partial charge in [-0.25, -0.2) is 9.98 Å². The van der Waals surface area contributed by atoms with Crippen LogP contribution in [0.25, 0.3) is 10.4 Å². The minimum Gasteiger partial charge on any atom is -0.228 e. The number of hydrogen-bond acceptors (Lipinski definition) is 8. The van der Waals surface area contributed by atoms with Crippen molar-refractivity contribution in [3.63, 3.8) is 0 Å². The number of rotatable bonds is 6. The van der Waals surface area contributed by atoms with Gasteiger partial charge in [-0.15, -0.1) is 46.2 Å². The van der Waals surface area contributed by atoms with E-state index in [0.29, 0.717) is 0 Å².